The van der Waals surface area contributed by atoms with Gasteiger partial charge in [0.25, 0.3) is 0 Å². The third-order valence-electron chi connectivity index (χ3n) is 3.10. The van der Waals surface area contributed by atoms with Gasteiger partial charge in [-0.15, -0.1) is 0 Å². The van der Waals surface area contributed by atoms with Gasteiger partial charge in [0.1, 0.15) is 0 Å². The van der Waals surface area contributed by atoms with E-state index in [0.29, 0.717) is 12.1 Å². The first-order valence-electron chi connectivity index (χ1n) is 5.84. The zero-order valence-corrected chi connectivity index (χ0v) is 9.67. The van der Waals surface area contributed by atoms with E-state index in [1.807, 2.05) is 6.07 Å². The van der Waals surface area contributed by atoms with Gasteiger partial charge in [-0.05, 0) is 30.9 Å². The Morgan fingerprint density at radius 3 is 2.94 bits per heavy atom. The minimum absolute atomic E-state index is 0.362. The molecule has 0 aromatic carbocycles. The van der Waals surface area contributed by atoms with E-state index in [0.717, 1.165) is 18.4 Å². The minimum atomic E-state index is -3.99. The number of nitrogens with one attached hydrogen (secondary N) is 1. The van der Waals surface area contributed by atoms with Crippen LogP contribution < -0.4 is 5.32 Å². The minimum Gasteiger partial charge on any atom is -0.303 e. The number of alkyl halides is 4. The Balaban J connectivity index is 2.04. The highest BCUT2D eigenvalue weighted by atomic mass is 19.3. The summed E-state index contributed by atoms with van der Waals surface area (Å²) in [5, 5.41) is 2.51. The molecule has 1 N–H and O–H groups in total. The first-order chi connectivity index (χ1) is 8.50. The lowest BCUT2D eigenvalue weighted by Crippen LogP contribution is -2.41. The zero-order chi connectivity index (χ0) is 13.2. The van der Waals surface area contributed by atoms with Crippen molar-refractivity contribution in [1.29, 1.82) is 0 Å². The number of aryl methyl sites for hydroxylation is 1. The Labute approximate surface area is 102 Å². The van der Waals surface area contributed by atoms with Crippen LogP contribution in [-0.4, -0.2) is 23.9 Å². The van der Waals surface area contributed by atoms with Gasteiger partial charge in [-0.3, -0.25) is 4.98 Å². The van der Waals surface area contributed by atoms with E-state index < -0.39 is 18.9 Å². The van der Waals surface area contributed by atoms with E-state index in [9.17, 15) is 17.6 Å². The number of aromatic nitrogens is 1. The summed E-state index contributed by atoms with van der Waals surface area (Å²) in [6.07, 6.45) is 0.285. The molecule has 0 saturated carbocycles. The predicted octanol–water partition coefficient (Wildman–Crippen LogP) is 2.95. The summed E-state index contributed by atoms with van der Waals surface area (Å²) < 4.78 is 49.8. The van der Waals surface area contributed by atoms with Crippen LogP contribution in [0, 0.1) is 0 Å². The maximum absolute atomic E-state index is 12.8. The van der Waals surface area contributed by atoms with Crippen LogP contribution >= 0.6 is 0 Å². The molecule has 0 fully saturated rings. The number of hydrogen-bond donors (Lipinski definition) is 1. The highest BCUT2D eigenvalue weighted by Gasteiger charge is 2.41. The van der Waals surface area contributed by atoms with E-state index in [2.05, 4.69) is 10.3 Å². The van der Waals surface area contributed by atoms with Crippen molar-refractivity contribution in [3.8, 4) is 0 Å². The molecule has 0 bridgehead atoms. The van der Waals surface area contributed by atoms with Crippen molar-refractivity contribution < 1.29 is 17.6 Å². The molecule has 1 aliphatic carbocycles. The smallest absolute Gasteiger partial charge is 0.303 e. The fraction of sp³-hybridized carbons (Fsp3) is 0.583. The molecule has 1 aromatic rings. The zero-order valence-electron chi connectivity index (χ0n) is 9.67. The quantitative estimate of drug-likeness (QED) is 0.844. The molecular formula is C12H14F4N2. The van der Waals surface area contributed by atoms with Crippen LogP contribution in [0.2, 0.25) is 0 Å². The fourth-order valence-corrected chi connectivity index (χ4v) is 2.14. The van der Waals surface area contributed by atoms with Crippen LogP contribution in [-0.2, 0) is 6.42 Å². The SMILES string of the molecule is FC(F)C(F)(F)CNC1CCCc2cccnc21. The monoisotopic (exact) mass is 262 g/mol. The number of fused-ring (bicyclic) bond motifs is 1. The molecule has 0 amide bonds. The van der Waals surface area contributed by atoms with Gasteiger partial charge in [0.05, 0.1) is 12.2 Å². The Kier molecular flexibility index (Phi) is 3.85. The van der Waals surface area contributed by atoms with E-state index in [1.54, 1.807) is 12.3 Å². The Hall–Kier alpha value is -1.17. The Bertz CT molecular complexity index is 409. The van der Waals surface area contributed by atoms with Gasteiger partial charge in [0.15, 0.2) is 0 Å². The summed E-state index contributed by atoms with van der Waals surface area (Å²) in [6.45, 7) is -1.02. The second kappa shape index (κ2) is 5.22. The van der Waals surface area contributed by atoms with Gasteiger partial charge in [0.2, 0.25) is 0 Å². The summed E-state index contributed by atoms with van der Waals surface area (Å²) in [5.41, 5.74) is 1.70. The van der Waals surface area contributed by atoms with Crippen LogP contribution in [0.5, 0.6) is 0 Å². The molecule has 100 valence electrons. The van der Waals surface area contributed by atoms with Crippen molar-refractivity contribution in [2.24, 2.45) is 0 Å². The molecule has 6 heteroatoms. The molecule has 2 nitrogen and oxygen atoms in total. The molecule has 2 rings (SSSR count). The number of halogens is 4. The van der Waals surface area contributed by atoms with E-state index in [1.165, 1.54) is 0 Å². The summed E-state index contributed by atoms with van der Waals surface area (Å²) in [7, 11) is 0. The van der Waals surface area contributed by atoms with Crippen molar-refractivity contribution in [3.05, 3.63) is 29.6 Å². The third-order valence-corrected chi connectivity index (χ3v) is 3.10. The highest BCUT2D eigenvalue weighted by Crippen LogP contribution is 2.29. The predicted molar refractivity (Wildman–Crippen MR) is 58.9 cm³/mol. The van der Waals surface area contributed by atoms with Crippen LogP contribution in [0.25, 0.3) is 0 Å². The van der Waals surface area contributed by atoms with Crippen LogP contribution in [0.3, 0.4) is 0 Å². The molecule has 1 unspecified atom stereocenters. The summed E-state index contributed by atoms with van der Waals surface area (Å²) in [6, 6.07) is 3.32. The van der Waals surface area contributed by atoms with E-state index in [4.69, 9.17) is 0 Å². The molecule has 0 radical (unpaired) electrons. The van der Waals surface area contributed by atoms with E-state index in [-0.39, 0.29) is 6.04 Å². The lowest BCUT2D eigenvalue weighted by molar-refractivity contribution is -0.126. The van der Waals surface area contributed by atoms with Gasteiger partial charge in [0, 0.05) is 12.2 Å². The second-order valence-corrected chi connectivity index (χ2v) is 4.44. The molecule has 1 aliphatic rings. The van der Waals surface area contributed by atoms with Gasteiger partial charge in [-0.1, -0.05) is 6.07 Å². The maximum atomic E-state index is 12.8. The maximum Gasteiger partial charge on any atom is 0.319 e. The van der Waals surface area contributed by atoms with Crippen molar-refractivity contribution in [3.63, 3.8) is 0 Å². The molecule has 0 aliphatic heterocycles. The molecule has 1 heterocycles. The van der Waals surface area contributed by atoms with Gasteiger partial charge in [-0.2, -0.15) is 8.78 Å². The first kappa shape index (κ1) is 13.3. The van der Waals surface area contributed by atoms with Crippen molar-refractivity contribution in [1.82, 2.24) is 10.3 Å². The lowest BCUT2D eigenvalue weighted by Gasteiger charge is -2.27. The molecule has 1 atom stereocenters. The van der Waals surface area contributed by atoms with Crippen molar-refractivity contribution in [2.75, 3.05) is 6.54 Å². The summed E-state index contributed by atoms with van der Waals surface area (Å²) in [4.78, 5) is 4.15. The highest BCUT2D eigenvalue weighted by molar-refractivity contribution is 5.25. The average molecular weight is 262 g/mol. The third kappa shape index (κ3) is 2.80. The molecule has 18 heavy (non-hydrogen) atoms. The van der Waals surface area contributed by atoms with Crippen molar-refractivity contribution in [2.45, 2.75) is 37.7 Å². The molecule has 1 aromatic heterocycles. The van der Waals surface area contributed by atoms with Gasteiger partial charge in [-0.25, -0.2) is 8.78 Å². The van der Waals surface area contributed by atoms with Crippen LogP contribution in [0.15, 0.2) is 18.3 Å². The van der Waals surface area contributed by atoms with Crippen LogP contribution in [0.1, 0.15) is 30.1 Å². The second-order valence-electron chi connectivity index (χ2n) is 4.44. The van der Waals surface area contributed by atoms with Gasteiger partial charge >= 0.3 is 12.3 Å². The first-order valence-corrected chi connectivity index (χ1v) is 5.84. The van der Waals surface area contributed by atoms with Crippen molar-refractivity contribution >= 4 is 0 Å². The molecule has 0 saturated heterocycles. The molecular weight excluding hydrogens is 248 g/mol. The number of pyridine rings is 1. The number of rotatable bonds is 4. The topological polar surface area (TPSA) is 24.9 Å². The lowest BCUT2D eigenvalue weighted by atomic mass is 9.92. The normalized spacial score (nSPS) is 19.9. The van der Waals surface area contributed by atoms with Gasteiger partial charge < -0.3 is 5.32 Å². The largest absolute Gasteiger partial charge is 0.319 e. The number of hydrogen-bond acceptors (Lipinski definition) is 2. The summed E-state index contributed by atoms with van der Waals surface area (Å²) in [5.74, 6) is -3.99. The van der Waals surface area contributed by atoms with Crippen LogP contribution in [0.4, 0.5) is 17.6 Å². The average Bonchev–Trinajstić information content (AvgIpc) is 2.36. The molecule has 0 spiro atoms. The fourth-order valence-electron chi connectivity index (χ4n) is 2.14. The Morgan fingerprint density at radius 1 is 1.44 bits per heavy atom. The summed E-state index contributed by atoms with van der Waals surface area (Å²) >= 11 is 0. The number of nitrogens with zero attached hydrogens (tertiary/aromatic N) is 1. The van der Waals surface area contributed by atoms with E-state index >= 15 is 0 Å². The Morgan fingerprint density at radius 2 is 2.22 bits per heavy atom. The standard InChI is InChI=1S/C12H14F4N2/c13-11(14)12(15,16)7-18-9-5-1-3-8-4-2-6-17-10(8)9/h2,4,6,9,11,18H,1,3,5,7H2.